The van der Waals surface area contributed by atoms with E-state index in [4.69, 9.17) is 4.74 Å². The van der Waals surface area contributed by atoms with Gasteiger partial charge < -0.3 is 4.74 Å². The van der Waals surface area contributed by atoms with Crippen molar-refractivity contribution in [3.8, 4) is 0 Å². The van der Waals surface area contributed by atoms with Gasteiger partial charge in [-0.1, -0.05) is 96.8 Å². The molecule has 0 fully saturated rings. The first-order valence-electron chi connectivity index (χ1n) is 9.25. The number of unbranched alkanes of at least 4 members (excludes halogenated alkanes) is 13. The van der Waals surface area contributed by atoms with Crippen LogP contribution in [0.25, 0.3) is 0 Å². The second-order valence-corrected chi connectivity index (χ2v) is 6.23. The van der Waals surface area contributed by atoms with Crippen molar-refractivity contribution in [2.45, 2.75) is 109 Å². The average molecular weight is 298 g/mol. The van der Waals surface area contributed by atoms with E-state index < -0.39 is 0 Å². The molecule has 0 aromatic heterocycles. The molecular weight excluding hydrogens is 260 g/mol. The molecule has 0 bridgehead atoms. The van der Waals surface area contributed by atoms with Crippen LogP contribution in [0.5, 0.6) is 0 Å². The molecule has 0 saturated carbocycles. The van der Waals surface area contributed by atoms with E-state index >= 15 is 0 Å². The van der Waals surface area contributed by atoms with Gasteiger partial charge in [0.1, 0.15) is 6.10 Å². The molecule has 0 spiro atoms. The Morgan fingerprint density at radius 2 is 1.10 bits per heavy atom. The third kappa shape index (κ3) is 15.8. The summed E-state index contributed by atoms with van der Waals surface area (Å²) in [5.41, 5.74) is 0. The molecule has 21 heavy (non-hydrogen) atoms. The maximum atomic E-state index is 10.5. The molecule has 1 radical (unpaired) electrons. The molecule has 125 valence electrons. The Bertz CT molecular complexity index is 204. The van der Waals surface area contributed by atoms with Crippen LogP contribution in [0.3, 0.4) is 0 Å². The Hall–Kier alpha value is -0.370. The zero-order chi connectivity index (χ0) is 15.6. The molecule has 0 aliphatic rings. The molecule has 0 aliphatic carbocycles. The van der Waals surface area contributed by atoms with Crippen LogP contribution < -0.4 is 0 Å². The van der Waals surface area contributed by atoms with E-state index in [-0.39, 0.29) is 6.10 Å². The Morgan fingerprint density at radius 3 is 1.43 bits per heavy atom. The average Bonchev–Trinajstić information content (AvgIpc) is 2.51. The number of hydrogen-bond acceptors (Lipinski definition) is 2. The highest BCUT2D eigenvalue weighted by Gasteiger charge is 2.04. The van der Waals surface area contributed by atoms with Crippen LogP contribution in [0.15, 0.2) is 0 Å². The normalized spacial score (nSPS) is 12.5. The largest absolute Gasteiger partial charge is 0.373 e. The molecule has 0 saturated heterocycles. The zero-order valence-electron chi connectivity index (χ0n) is 14.5. The summed E-state index contributed by atoms with van der Waals surface area (Å²) in [6, 6.07) is 0. The van der Waals surface area contributed by atoms with E-state index in [2.05, 4.69) is 6.92 Å². The van der Waals surface area contributed by atoms with Crippen molar-refractivity contribution in [2.75, 3.05) is 7.11 Å². The first kappa shape index (κ1) is 20.6. The molecular formula is C19H37O2. The lowest BCUT2D eigenvalue weighted by Crippen LogP contribution is -2.11. The van der Waals surface area contributed by atoms with E-state index in [1.807, 2.05) is 6.29 Å². The highest BCUT2D eigenvalue weighted by Crippen LogP contribution is 2.13. The van der Waals surface area contributed by atoms with Gasteiger partial charge in [0, 0.05) is 7.11 Å². The highest BCUT2D eigenvalue weighted by atomic mass is 16.5. The monoisotopic (exact) mass is 297 g/mol. The molecule has 1 unspecified atom stereocenters. The van der Waals surface area contributed by atoms with Gasteiger partial charge in [0.25, 0.3) is 0 Å². The summed E-state index contributed by atoms with van der Waals surface area (Å²) < 4.78 is 4.99. The molecule has 0 N–H and O–H groups in total. The summed E-state index contributed by atoms with van der Waals surface area (Å²) in [7, 11) is 1.58. The summed E-state index contributed by atoms with van der Waals surface area (Å²) in [5.74, 6) is 0. The third-order valence-corrected chi connectivity index (χ3v) is 4.24. The number of ether oxygens (including phenoxy) is 1. The van der Waals surface area contributed by atoms with Crippen molar-refractivity contribution in [2.24, 2.45) is 0 Å². The fourth-order valence-corrected chi connectivity index (χ4v) is 2.75. The smallest absolute Gasteiger partial charge is 0.229 e. The topological polar surface area (TPSA) is 26.3 Å². The Balaban J connectivity index is 3.04. The number of methoxy groups -OCH3 is 1. The van der Waals surface area contributed by atoms with Gasteiger partial charge in [-0.05, 0) is 6.42 Å². The van der Waals surface area contributed by atoms with Crippen LogP contribution in [-0.4, -0.2) is 19.5 Å². The molecule has 0 aromatic rings. The van der Waals surface area contributed by atoms with Crippen molar-refractivity contribution in [3.63, 3.8) is 0 Å². The summed E-state index contributed by atoms with van der Waals surface area (Å²) in [4.78, 5) is 10.5. The van der Waals surface area contributed by atoms with Gasteiger partial charge in [0.15, 0.2) is 0 Å². The Morgan fingerprint density at radius 1 is 0.714 bits per heavy atom. The van der Waals surface area contributed by atoms with Crippen LogP contribution >= 0.6 is 0 Å². The molecule has 0 amide bonds. The van der Waals surface area contributed by atoms with Crippen molar-refractivity contribution in [1.29, 1.82) is 0 Å². The van der Waals surface area contributed by atoms with E-state index in [9.17, 15) is 4.79 Å². The van der Waals surface area contributed by atoms with E-state index in [1.54, 1.807) is 7.11 Å². The van der Waals surface area contributed by atoms with Gasteiger partial charge in [-0.25, -0.2) is 0 Å². The molecule has 0 aliphatic heterocycles. The van der Waals surface area contributed by atoms with Gasteiger partial charge in [0.05, 0.1) is 0 Å². The van der Waals surface area contributed by atoms with Gasteiger partial charge in [0.2, 0.25) is 6.29 Å². The van der Waals surface area contributed by atoms with E-state index in [1.165, 1.54) is 83.5 Å². The highest BCUT2D eigenvalue weighted by molar-refractivity contribution is 5.56. The first-order chi connectivity index (χ1) is 10.3. The maximum absolute atomic E-state index is 10.5. The lowest BCUT2D eigenvalue weighted by Gasteiger charge is -2.06. The fourth-order valence-electron chi connectivity index (χ4n) is 2.75. The second-order valence-electron chi connectivity index (χ2n) is 6.23. The SMILES string of the molecule is CCCCCCCCCCCCCCCCC([C]=O)OC. The van der Waals surface area contributed by atoms with Gasteiger partial charge >= 0.3 is 0 Å². The maximum Gasteiger partial charge on any atom is 0.229 e. The molecule has 0 heterocycles. The number of rotatable bonds is 17. The lowest BCUT2D eigenvalue weighted by molar-refractivity contribution is 0.142. The zero-order valence-corrected chi connectivity index (χ0v) is 14.5. The fraction of sp³-hybridized carbons (Fsp3) is 0.947. The van der Waals surface area contributed by atoms with Crippen LogP contribution in [0, 0.1) is 0 Å². The Labute approximate surface area is 133 Å². The second kappa shape index (κ2) is 17.7. The third-order valence-electron chi connectivity index (χ3n) is 4.24. The summed E-state index contributed by atoms with van der Waals surface area (Å²) in [6.07, 6.45) is 21.5. The van der Waals surface area contributed by atoms with Gasteiger partial charge in [-0.3, -0.25) is 4.79 Å². The van der Waals surface area contributed by atoms with E-state index in [0.717, 1.165) is 12.8 Å². The standard InChI is InChI=1S/C19H37O2/c1-3-4-5-6-7-8-9-10-11-12-13-14-15-16-17-19(18-20)21-2/h19H,3-17H2,1-2H3. The lowest BCUT2D eigenvalue weighted by atomic mass is 10.0. The summed E-state index contributed by atoms with van der Waals surface area (Å²) in [5, 5.41) is 0. The van der Waals surface area contributed by atoms with Crippen LogP contribution in [0.2, 0.25) is 0 Å². The van der Waals surface area contributed by atoms with Gasteiger partial charge in [-0.2, -0.15) is 0 Å². The Kier molecular flexibility index (Phi) is 17.4. The predicted molar refractivity (Wildman–Crippen MR) is 91.4 cm³/mol. The quantitative estimate of drug-likeness (QED) is 0.309. The van der Waals surface area contributed by atoms with Crippen molar-refractivity contribution in [1.82, 2.24) is 0 Å². The molecule has 2 heteroatoms. The van der Waals surface area contributed by atoms with Crippen molar-refractivity contribution >= 4 is 6.29 Å². The molecule has 0 aromatic carbocycles. The first-order valence-corrected chi connectivity index (χ1v) is 9.25. The molecule has 0 rings (SSSR count). The summed E-state index contributed by atoms with van der Waals surface area (Å²) >= 11 is 0. The minimum absolute atomic E-state index is 0.303. The van der Waals surface area contributed by atoms with Crippen LogP contribution in [0.4, 0.5) is 0 Å². The predicted octanol–water partition coefficient (Wildman–Crippen LogP) is 5.98. The van der Waals surface area contributed by atoms with Gasteiger partial charge in [-0.15, -0.1) is 0 Å². The minimum atomic E-state index is -0.303. The summed E-state index contributed by atoms with van der Waals surface area (Å²) in [6.45, 7) is 2.27. The van der Waals surface area contributed by atoms with Crippen LogP contribution in [0.1, 0.15) is 103 Å². The number of hydrogen-bond donors (Lipinski definition) is 0. The molecule has 2 nitrogen and oxygen atoms in total. The minimum Gasteiger partial charge on any atom is -0.373 e. The van der Waals surface area contributed by atoms with Crippen molar-refractivity contribution in [3.05, 3.63) is 0 Å². The van der Waals surface area contributed by atoms with Crippen molar-refractivity contribution < 1.29 is 9.53 Å². The van der Waals surface area contributed by atoms with Crippen LogP contribution in [-0.2, 0) is 9.53 Å². The molecule has 1 atom stereocenters. The number of carbonyl (C=O) groups excluding carboxylic acids is 1. The van der Waals surface area contributed by atoms with E-state index in [0.29, 0.717) is 0 Å².